The van der Waals surface area contributed by atoms with E-state index in [9.17, 15) is 14.4 Å². The van der Waals surface area contributed by atoms with Crippen LogP contribution in [-0.4, -0.2) is 71.8 Å². The third-order valence-corrected chi connectivity index (χ3v) is 6.34. The maximum atomic E-state index is 13.9. The Bertz CT molecular complexity index is 1070. The molecule has 0 aliphatic carbocycles. The lowest BCUT2D eigenvalue weighted by Gasteiger charge is -2.37. The van der Waals surface area contributed by atoms with Gasteiger partial charge in [-0.05, 0) is 38.3 Å². The fourth-order valence-corrected chi connectivity index (χ4v) is 4.60. The quantitative estimate of drug-likeness (QED) is 0.657. The van der Waals surface area contributed by atoms with Gasteiger partial charge in [-0.2, -0.15) is 0 Å². The van der Waals surface area contributed by atoms with Gasteiger partial charge in [-0.3, -0.25) is 9.69 Å². The lowest BCUT2D eigenvalue weighted by atomic mass is 10.0. The summed E-state index contributed by atoms with van der Waals surface area (Å²) in [4.78, 5) is 42.7. The van der Waals surface area contributed by atoms with E-state index in [2.05, 4.69) is 5.32 Å². The van der Waals surface area contributed by atoms with Crippen LogP contribution in [0.15, 0.2) is 60.7 Å². The van der Waals surface area contributed by atoms with Gasteiger partial charge >= 0.3 is 12.2 Å². The average Bonchev–Trinajstić information content (AvgIpc) is 3.31. The number of alkyl carbamates (subject to hydrolysis) is 1. The first-order valence-corrected chi connectivity index (χ1v) is 12.6. The van der Waals surface area contributed by atoms with Crippen LogP contribution < -0.4 is 5.32 Å². The molecule has 0 aromatic heterocycles. The number of likely N-dealkylation sites (tertiary alicyclic amines) is 1. The Morgan fingerprint density at radius 1 is 1.00 bits per heavy atom. The van der Waals surface area contributed by atoms with Crippen molar-refractivity contribution in [1.29, 1.82) is 0 Å². The highest BCUT2D eigenvalue weighted by molar-refractivity contribution is 5.88. The van der Waals surface area contributed by atoms with Gasteiger partial charge in [-0.15, -0.1) is 0 Å². The fourth-order valence-electron chi connectivity index (χ4n) is 4.60. The molecule has 2 aromatic carbocycles. The Kier molecular flexibility index (Phi) is 8.33. The van der Waals surface area contributed by atoms with Crippen molar-refractivity contribution < 1.29 is 28.6 Å². The number of nitrogens with zero attached hydrogens (tertiary/aromatic N) is 2. The van der Waals surface area contributed by atoms with E-state index in [-0.39, 0.29) is 25.2 Å². The summed E-state index contributed by atoms with van der Waals surface area (Å²) in [5.74, 6) is -0.249. The van der Waals surface area contributed by atoms with E-state index in [0.717, 1.165) is 11.1 Å². The number of amides is 3. The summed E-state index contributed by atoms with van der Waals surface area (Å²) < 4.78 is 16.9. The number of ether oxygens (including phenoxy) is 3. The van der Waals surface area contributed by atoms with E-state index in [0.29, 0.717) is 26.1 Å². The van der Waals surface area contributed by atoms with Crippen molar-refractivity contribution in [3.63, 3.8) is 0 Å². The molecule has 0 spiro atoms. The Hall–Kier alpha value is -3.59. The van der Waals surface area contributed by atoms with Crippen LogP contribution in [-0.2, 0) is 25.6 Å². The van der Waals surface area contributed by atoms with Crippen molar-refractivity contribution in [2.45, 2.75) is 57.6 Å². The SMILES string of the molecule is CC(C)(C)OC(=O)N1CC[C@@H](NC(=O)OCc2ccccc2)[C@H]1C(=O)N1CCO[C@H](c2ccccc2)C1. The topological polar surface area (TPSA) is 97.4 Å². The molecule has 9 heteroatoms. The van der Waals surface area contributed by atoms with Gasteiger partial charge in [0.15, 0.2) is 0 Å². The second-order valence-electron chi connectivity index (χ2n) is 10.3. The lowest BCUT2D eigenvalue weighted by Crippen LogP contribution is -2.58. The zero-order valence-corrected chi connectivity index (χ0v) is 21.6. The molecule has 3 atom stereocenters. The van der Waals surface area contributed by atoms with Gasteiger partial charge in [-0.25, -0.2) is 9.59 Å². The molecule has 2 heterocycles. The van der Waals surface area contributed by atoms with Crippen LogP contribution >= 0.6 is 0 Å². The van der Waals surface area contributed by atoms with Crippen molar-refractivity contribution in [2.24, 2.45) is 0 Å². The summed E-state index contributed by atoms with van der Waals surface area (Å²) in [5.41, 5.74) is 1.12. The molecular formula is C28H35N3O6. The van der Waals surface area contributed by atoms with Crippen LogP contribution in [0.2, 0.25) is 0 Å². The zero-order valence-electron chi connectivity index (χ0n) is 21.6. The minimum absolute atomic E-state index is 0.107. The minimum Gasteiger partial charge on any atom is -0.445 e. The number of carbonyl (C=O) groups excluding carboxylic acids is 3. The molecule has 4 rings (SSSR count). The molecule has 3 amide bonds. The number of carbonyl (C=O) groups is 3. The number of morpholine rings is 1. The number of rotatable bonds is 5. The van der Waals surface area contributed by atoms with Gasteiger partial charge in [0, 0.05) is 13.1 Å². The molecule has 0 unspecified atom stereocenters. The zero-order chi connectivity index (χ0) is 26.4. The molecule has 2 saturated heterocycles. The van der Waals surface area contributed by atoms with Crippen molar-refractivity contribution >= 4 is 18.1 Å². The summed E-state index contributed by atoms with van der Waals surface area (Å²) in [7, 11) is 0. The van der Waals surface area contributed by atoms with E-state index < -0.39 is 29.9 Å². The minimum atomic E-state index is -0.909. The van der Waals surface area contributed by atoms with Gasteiger partial charge in [-0.1, -0.05) is 60.7 Å². The summed E-state index contributed by atoms with van der Waals surface area (Å²) in [5, 5.41) is 2.82. The van der Waals surface area contributed by atoms with Crippen molar-refractivity contribution in [3.05, 3.63) is 71.8 Å². The van der Waals surface area contributed by atoms with Crippen LogP contribution in [0.4, 0.5) is 9.59 Å². The van der Waals surface area contributed by atoms with Crippen LogP contribution in [0.3, 0.4) is 0 Å². The Labute approximate surface area is 217 Å². The van der Waals surface area contributed by atoms with Crippen LogP contribution in [0.25, 0.3) is 0 Å². The number of hydrogen-bond donors (Lipinski definition) is 1. The van der Waals surface area contributed by atoms with Gasteiger partial charge in [0.25, 0.3) is 0 Å². The Morgan fingerprint density at radius 2 is 1.68 bits per heavy atom. The van der Waals surface area contributed by atoms with E-state index in [4.69, 9.17) is 14.2 Å². The van der Waals surface area contributed by atoms with Gasteiger partial charge < -0.3 is 24.4 Å². The Balaban J connectivity index is 1.48. The summed E-state index contributed by atoms with van der Waals surface area (Å²) >= 11 is 0. The monoisotopic (exact) mass is 509 g/mol. The predicted molar refractivity (Wildman–Crippen MR) is 137 cm³/mol. The highest BCUT2D eigenvalue weighted by Crippen LogP contribution is 2.27. The number of nitrogens with one attached hydrogen (secondary N) is 1. The summed E-state index contributed by atoms with van der Waals surface area (Å²) in [6, 6.07) is 17.6. The summed E-state index contributed by atoms with van der Waals surface area (Å²) in [6.45, 7) is 6.85. The smallest absolute Gasteiger partial charge is 0.411 e. The van der Waals surface area contributed by atoms with Crippen molar-refractivity contribution in [1.82, 2.24) is 15.1 Å². The number of hydrogen-bond acceptors (Lipinski definition) is 6. The maximum Gasteiger partial charge on any atom is 0.411 e. The first-order valence-electron chi connectivity index (χ1n) is 12.6. The summed E-state index contributed by atoms with van der Waals surface area (Å²) in [6.07, 6.45) is -1.08. The van der Waals surface area contributed by atoms with Crippen molar-refractivity contribution in [3.8, 4) is 0 Å². The molecule has 0 radical (unpaired) electrons. The first kappa shape index (κ1) is 26.5. The third-order valence-electron chi connectivity index (χ3n) is 6.34. The predicted octanol–water partition coefficient (Wildman–Crippen LogP) is 3.89. The van der Waals surface area contributed by atoms with Crippen LogP contribution in [0.1, 0.15) is 44.4 Å². The fraction of sp³-hybridized carbons (Fsp3) is 0.464. The second kappa shape index (κ2) is 11.6. The normalized spacial score (nSPS) is 21.9. The second-order valence-corrected chi connectivity index (χ2v) is 10.3. The highest BCUT2D eigenvalue weighted by atomic mass is 16.6. The van der Waals surface area contributed by atoms with Crippen molar-refractivity contribution in [2.75, 3.05) is 26.2 Å². The maximum absolute atomic E-state index is 13.9. The highest BCUT2D eigenvalue weighted by Gasteiger charge is 2.46. The van der Waals surface area contributed by atoms with Crippen LogP contribution in [0, 0.1) is 0 Å². The molecule has 1 N–H and O–H groups in total. The molecule has 2 aliphatic heterocycles. The molecule has 2 fully saturated rings. The first-order chi connectivity index (χ1) is 17.7. The molecular weight excluding hydrogens is 474 g/mol. The molecule has 2 aliphatic rings. The van der Waals surface area contributed by atoms with Crippen LogP contribution in [0.5, 0.6) is 0 Å². The lowest BCUT2D eigenvalue weighted by molar-refractivity contribution is -0.144. The van der Waals surface area contributed by atoms with E-state index in [1.165, 1.54) is 4.90 Å². The van der Waals surface area contributed by atoms with E-state index in [1.807, 2.05) is 60.7 Å². The molecule has 37 heavy (non-hydrogen) atoms. The van der Waals surface area contributed by atoms with E-state index >= 15 is 0 Å². The molecule has 198 valence electrons. The molecule has 0 saturated carbocycles. The molecule has 0 bridgehead atoms. The largest absolute Gasteiger partial charge is 0.445 e. The van der Waals surface area contributed by atoms with Gasteiger partial charge in [0.1, 0.15) is 24.4 Å². The van der Waals surface area contributed by atoms with E-state index in [1.54, 1.807) is 25.7 Å². The Morgan fingerprint density at radius 3 is 2.35 bits per heavy atom. The van der Waals surface area contributed by atoms with Gasteiger partial charge in [0.05, 0.1) is 19.2 Å². The number of benzene rings is 2. The molecule has 9 nitrogen and oxygen atoms in total. The van der Waals surface area contributed by atoms with Gasteiger partial charge in [0.2, 0.25) is 5.91 Å². The third kappa shape index (κ3) is 7.01. The average molecular weight is 510 g/mol. The standard InChI is InChI=1S/C28H35N3O6/c1-28(2,3)37-27(34)31-15-14-22(29-26(33)36-19-20-10-6-4-7-11-20)24(31)25(32)30-16-17-35-23(18-30)21-12-8-5-9-13-21/h4-13,22-24H,14-19H2,1-3H3,(H,29,33)/t22-,23+,24+/m1/s1. The molecule has 2 aromatic rings.